The van der Waals surface area contributed by atoms with Crippen LogP contribution in [0.4, 0.5) is 0 Å². The Hall–Kier alpha value is -2.16. The lowest BCUT2D eigenvalue weighted by molar-refractivity contribution is -0.116. The fraction of sp³-hybridized carbons (Fsp3) is 0.650. The van der Waals surface area contributed by atoms with Crippen molar-refractivity contribution in [2.24, 2.45) is 11.5 Å². The Kier molecular flexibility index (Phi) is 11.5. The van der Waals surface area contributed by atoms with Gasteiger partial charge in [0.15, 0.2) is 0 Å². The smallest absolute Gasteiger partial charge is 0.352 e. The zero-order valence-electron chi connectivity index (χ0n) is 19.9. The number of ether oxygens (including phenoxy) is 1. The van der Waals surface area contributed by atoms with E-state index in [0.29, 0.717) is 45.7 Å². The van der Waals surface area contributed by atoms with Gasteiger partial charge in [0, 0.05) is 65.1 Å². The zero-order valence-corrected chi connectivity index (χ0v) is 20.8. The molecule has 0 aliphatic carbocycles. The minimum absolute atomic E-state index is 0.0541. The van der Waals surface area contributed by atoms with Crippen LogP contribution in [0.1, 0.15) is 31.6 Å². The van der Waals surface area contributed by atoms with Gasteiger partial charge in [0.2, 0.25) is 5.91 Å². The van der Waals surface area contributed by atoms with Crippen molar-refractivity contribution >= 4 is 19.8 Å². The maximum atomic E-state index is 12.4. The van der Waals surface area contributed by atoms with Gasteiger partial charge >= 0.3 is 13.5 Å². The van der Waals surface area contributed by atoms with Gasteiger partial charge < -0.3 is 26.4 Å². The number of phosphoric acid groups is 1. The molecule has 1 aliphatic heterocycles. The first-order valence-electron chi connectivity index (χ1n) is 11.3. The second-order valence-corrected chi connectivity index (χ2v) is 9.38. The molecule has 1 aromatic heterocycles. The number of amides is 1. The van der Waals surface area contributed by atoms with Crippen LogP contribution in [0.15, 0.2) is 21.9 Å². The highest BCUT2D eigenvalue weighted by molar-refractivity contribution is 7.47. The van der Waals surface area contributed by atoms with Crippen LogP contribution < -0.4 is 28.0 Å². The monoisotopic (exact) mass is 518 g/mol. The molecule has 1 aliphatic rings. The number of rotatable bonds is 14. The van der Waals surface area contributed by atoms with Crippen LogP contribution in [0.25, 0.3) is 6.08 Å². The maximum absolute atomic E-state index is 12.4. The summed E-state index contributed by atoms with van der Waals surface area (Å²) in [6.45, 7) is 5.02. The second-order valence-electron chi connectivity index (χ2n) is 7.86. The minimum atomic E-state index is -4.26. The summed E-state index contributed by atoms with van der Waals surface area (Å²) in [5, 5.41) is 2.71. The molecule has 15 heteroatoms. The number of hydrogen-bond donors (Lipinski definition) is 5. The standard InChI is InChI=1S/C20H35N6O8P/c1-3-15-16(34-35(30,31)32-2)12-18(33-15)26-13-14(19(28)24-20(26)29)4-5-17(27)23-8-11-25(9-6-21)10-7-22/h4-5,13,15-16,18H,3,6-12,21-22H2,1-2H3,(H,23,27)(H,30,31)(H,24,28,29)/b5-4+. The second kappa shape index (κ2) is 13.8. The Morgan fingerprint density at radius 1 is 1.37 bits per heavy atom. The molecule has 35 heavy (non-hydrogen) atoms. The lowest BCUT2D eigenvalue weighted by atomic mass is 10.1. The van der Waals surface area contributed by atoms with Crippen LogP contribution in [0.5, 0.6) is 0 Å². The summed E-state index contributed by atoms with van der Waals surface area (Å²) in [5.41, 5.74) is 9.77. The number of hydrogen-bond acceptors (Lipinski definition) is 10. The average Bonchev–Trinajstić information content (AvgIpc) is 3.20. The molecular weight excluding hydrogens is 483 g/mol. The van der Waals surface area contributed by atoms with Gasteiger partial charge in [-0.1, -0.05) is 6.92 Å². The summed E-state index contributed by atoms with van der Waals surface area (Å²) in [6.07, 6.45) is 2.03. The summed E-state index contributed by atoms with van der Waals surface area (Å²) < 4.78 is 28.4. The number of aromatic nitrogens is 2. The van der Waals surface area contributed by atoms with E-state index >= 15 is 0 Å². The molecule has 1 aromatic rings. The largest absolute Gasteiger partial charge is 0.472 e. The summed E-state index contributed by atoms with van der Waals surface area (Å²) in [6, 6.07) is 0. The Morgan fingerprint density at radius 3 is 2.66 bits per heavy atom. The van der Waals surface area contributed by atoms with E-state index in [0.717, 1.165) is 11.7 Å². The van der Waals surface area contributed by atoms with E-state index < -0.39 is 43.4 Å². The molecule has 0 bridgehead atoms. The molecule has 0 aromatic carbocycles. The number of nitrogens with two attached hydrogens (primary N) is 2. The molecule has 0 radical (unpaired) electrons. The number of phosphoric ester groups is 1. The van der Waals surface area contributed by atoms with Gasteiger partial charge in [-0.15, -0.1) is 0 Å². The molecular formula is C20H35N6O8P. The predicted octanol–water partition coefficient (Wildman–Crippen LogP) is -1.29. The highest BCUT2D eigenvalue weighted by Crippen LogP contribution is 2.47. The fourth-order valence-electron chi connectivity index (χ4n) is 3.65. The Morgan fingerprint density at radius 2 is 2.06 bits per heavy atom. The molecule has 4 unspecified atom stereocenters. The van der Waals surface area contributed by atoms with Gasteiger partial charge in [0.1, 0.15) is 6.23 Å². The third-order valence-electron chi connectivity index (χ3n) is 5.42. The van der Waals surface area contributed by atoms with E-state index in [-0.39, 0.29) is 12.0 Å². The highest BCUT2D eigenvalue weighted by atomic mass is 31.2. The lowest BCUT2D eigenvalue weighted by Crippen LogP contribution is -2.39. The molecule has 1 amide bonds. The van der Waals surface area contributed by atoms with E-state index in [2.05, 4.69) is 14.8 Å². The van der Waals surface area contributed by atoms with Crippen molar-refractivity contribution in [2.45, 2.75) is 38.2 Å². The molecule has 0 saturated carbocycles. The molecule has 4 atom stereocenters. The van der Waals surface area contributed by atoms with Crippen molar-refractivity contribution in [2.75, 3.05) is 46.4 Å². The van der Waals surface area contributed by atoms with Crippen LogP contribution in [-0.4, -0.2) is 83.8 Å². The number of carbonyl (C=O) groups is 1. The third kappa shape index (κ3) is 8.78. The molecule has 7 N–H and O–H groups in total. The first-order chi connectivity index (χ1) is 16.6. The summed E-state index contributed by atoms with van der Waals surface area (Å²) in [4.78, 5) is 50.7. The number of H-pyrrole nitrogens is 1. The number of aromatic amines is 1. The van der Waals surface area contributed by atoms with Crippen LogP contribution in [-0.2, 0) is 23.1 Å². The van der Waals surface area contributed by atoms with Crippen molar-refractivity contribution in [1.82, 2.24) is 19.8 Å². The minimum Gasteiger partial charge on any atom is -0.352 e. The van der Waals surface area contributed by atoms with Crippen molar-refractivity contribution in [1.29, 1.82) is 0 Å². The molecule has 2 heterocycles. The highest BCUT2D eigenvalue weighted by Gasteiger charge is 2.40. The lowest BCUT2D eigenvalue weighted by Gasteiger charge is -2.20. The Bertz CT molecular complexity index is 1020. The van der Waals surface area contributed by atoms with Crippen molar-refractivity contribution in [3.63, 3.8) is 0 Å². The van der Waals surface area contributed by atoms with Gasteiger partial charge in [-0.2, -0.15) is 0 Å². The number of nitrogens with one attached hydrogen (secondary N) is 2. The van der Waals surface area contributed by atoms with Crippen LogP contribution in [0, 0.1) is 0 Å². The average molecular weight is 519 g/mol. The SMILES string of the molecule is CCC1OC(n2cc(/C=C/C(=O)NCCN(CCN)CCN)c(=O)[nH]c2=O)CC1OP(=O)(O)OC. The molecule has 0 spiro atoms. The molecule has 198 valence electrons. The summed E-state index contributed by atoms with van der Waals surface area (Å²) >= 11 is 0. The summed E-state index contributed by atoms with van der Waals surface area (Å²) in [5.74, 6) is -0.419. The van der Waals surface area contributed by atoms with Gasteiger partial charge in [0.05, 0.1) is 17.8 Å². The predicted molar refractivity (Wildman–Crippen MR) is 128 cm³/mol. The van der Waals surface area contributed by atoms with Gasteiger partial charge in [-0.3, -0.25) is 33.1 Å². The zero-order chi connectivity index (χ0) is 26.0. The van der Waals surface area contributed by atoms with Crippen molar-refractivity contribution in [3.8, 4) is 0 Å². The third-order valence-corrected chi connectivity index (χ3v) is 6.42. The van der Waals surface area contributed by atoms with Crippen molar-refractivity contribution < 1.29 is 28.0 Å². The molecule has 2 rings (SSSR count). The Labute approximate surface area is 202 Å². The van der Waals surface area contributed by atoms with E-state index in [1.807, 2.05) is 4.90 Å². The number of nitrogens with zero attached hydrogens (tertiary/aromatic N) is 2. The van der Waals surface area contributed by atoms with Crippen LogP contribution in [0.2, 0.25) is 0 Å². The van der Waals surface area contributed by atoms with E-state index in [1.54, 1.807) is 6.92 Å². The normalized spacial score (nSPS) is 22.1. The Balaban J connectivity index is 2.08. The maximum Gasteiger partial charge on any atom is 0.472 e. The molecule has 1 fully saturated rings. The van der Waals surface area contributed by atoms with E-state index in [9.17, 15) is 23.8 Å². The van der Waals surface area contributed by atoms with Crippen molar-refractivity contribution in [3.05, 3.63) is 38.7 Å². The van der Waals surface area contributed by atoms with E-state index in [4.69, 9.17) is 20.7 Å². The molecule has 14 nitrogen and oxygen atoms in total. The van der Waals surface area contributed by atoms with E-state index in [1.165, 1.54) is 18.3 Å². The first-order valence-corrected chi connectivity index (χ1v) is 12.8. The van der Waals surface area contributed by atoms with Crippen LogP contribution in [0.3, 0.4) is 0 Å². The first kappa shape index (κ1) is 29.1. The van der Waals surface area contributed by atoms with Crippen LogP contribution >= 0.6 is 7.82 Å². The van der Waals surface area contributed by atoms with Gasteiger partial charge in [-0.25, -0.2) is 9.36 Å². The quantitative estimate of drug-likeness (QED) is 0.145. The fourth-order valence-corrected chi connectivity index (χ4v) is 4.30. The molecule has 1 saturated heterocycles. The summed E-state index contributed by atoms with van der Waals surface area (Å²) in [7, 11) is -3.21. The van der Waals surface area contributed by atoms with Gasteiger partial charge in [-0.05, 0) is 12.5 Å². The number of carbonyl (C=O) groups excluding carboxylic acids is 1. The topological polar surface area (TPSA) is 204 Å². The van der Waals surface area contributed by atoms with Gasteiger partial charge in [0.25, 0.3) is 5.56 Å².